The molecule has 0 aliphatic rings. The van der Waals surface area contributed by atoms with Gasteiger partial charge in [0.1, 0.15) is 18.1 Å². The van der Waals surface area contributed by atoms with Crippen LogP contribution in [0.5, 0.6) is 11.5 Å². The van der Waals surface area contributed by atoms with Crippen molar-refractivity contribution in [1.29, 1.82) is 0 Å². The number of rotatable bonds is 7. The summed E-state index contributed by atoms with van der Waals surface area (Å²) in [5.41, 5.74) is -1.68. The van der Waals surface area contributed by atoms with Crippen LogP contribution in [-0.2, 0) is 6.61 Å². The van der Waals surface area contributed by atoms with Crippen LogP contribution in [0.25, 0.3) is 12.2 Å². The van der Waals surface area contributed by atoms with E-state index in [2.05, 4.69) is 20.9 Å². The second-order valence-electron chi connectivity index (χ2n) is 6.21. The molecule has 0 spiro atoms. The van der Waals surface area contributed by atoms with Crippen LogP contribution in [0.3, 0.4) is 0 Å². The average molecular weight is 492 g/mol. The maximum Gasteiger partial charge on any atom is 0.357 e. The highest BCUT2D eigenvalue weighted by atomic mass is 79.9. The lowest BCUT2D eigenvalue weighted by Crippen LogP contribution is -2.25. The lowest BCUT2D eigenvalue weighted by molar-refractivity contribution is -0.386. The summed E-state index contributed by atoms with van der Waals surface area (Å²) in [6, 6.07) is 9.13. The molecule has 3 rings (SSSR count). The molecular weight excluding hydrogens is 477 g/mol. The zero-order valence-electron chi connectivity index (χ0n) is 16.0. The van der Waals surface area contributed by atoms with Gasteiger partial charge in [0.05, 0.1) is 16.5 Å². The normalized spacial score (nSPS) is 10.9. The van der Waals surface area contributed by atoms with Crippen LogP contribution in [0, 0.1) is 15.9 Å². The number of aromatic amines is 2. The van der Waals surface area contributed by atoms with E-state index >= 15 is 0 Å². The van der Waals surface area contributed by atoms with Gasteiger partial charge in [0.2, 0.25) is 0 Å². The number of aromatic nitrogens is 2. The first-order valence-electron chi connectivity index (χ1n) is 8.72. The van der Waals surface area contributed by atoms with Gasteiger partial charge in [-0.05, 0) is 57.4 Å². The predicted molar refractivity (Wildman–Crippen MR) is 115 cm³/mol. The molecule has 0 unspecified atom stereocenters. The van der Waals surface area contributed by atoms with Gasteiger partial charge in [-0.1, -0.05) is 18.2 Å². The van der Waals surface area contributed by atoms with Gasteiger partial charge in [-0.2, -0.15) is 0 Å². The van der Waals surface area contributed by atoms with Crippen LogP contribution < -0.4 is 20.7 Å². The Bertz CT molecular complexity index is 1270. The van der Waals surface area contributed by atoms with Gasteiger partial charge < -0.3 is 14.5 Å². The van der Waals surface area contributed by atoms with Gasteiger partial charge in [-0.15, -0.1) is 0 Å². The fraction of sp³-hybridized carbons (Fsp3) is 0.100. The van der Waals surface area contributed by atoms with Gasteiger partial charge in [0.15, 0.2) is 11.5 Å². The molecule has 0 saturated heterocycles. The molecule has 0 fully saturated rings. The summed E-state index contributed by atoms with van der Waals surface area (Å²) < 4.78 is 24.7. The standard InChI is InChI=1S/C20H15BrFN3O6/c1-30-16-9-12(4-7-15-17(25(28)29)19(26)24-20(27)23-15)8-14(21)18(16)31-10-11-2-5-13(22)6-3-11/h2-9H,10H2,1H3,(H2,23,24,26,27)/b7-4-. The molecule has 0 saturated carbocycles. The van der Waals surface area contributed by atoms with Crippen LogP contribution in [0.4, 0.5) is 10.1 Å². The van der Waals surface area contributed by atoms with Crippen molar-refractivity contribution in [1.82, 2.24) is 9.97 Å². The number of ether oxygens (including phenoxy) is 2. The Labute approximate surface area is 182 Å². The summed E-state index contributed by atoms with van der Waals surface area (Å²) in [5, 5.41) is 11.1. The Morgan fingerprint density at radius 3 is 2.52 bits per heavy atom. The Kier molecular flexibility index (Phi) is 6.65. The number of nitro groups is 1. The molecule has 0 bridgehead atoms. The Morgan fingerprint density at radius 1 is 1.16 bits per heavy atom. The minimum Gasteiger partial charge on any atom is -0.493 e. The SMILES string of the molecule is COc1cc(/C=C\c2[nH]c(=O)[nH]c(=O)c2[N+](=O)[O-])cc(Br)c1OCc1ccc(F)cc1. The number of hydrogen-bond donors (Lipinski definition) is 2. The van der Waals surface area contributed by atoms with E-state index in [4.69, 9.17) is 9.47 Å². The lowest BCUT2D eigenvalue weighted by Gasteiger charge is -2.13. The average Bonchev–Trinajstić information content (AvgIpc) is 2.71. The highest BCUT2D eigenvalue weighted by Gasteiger charge is 2.19. The number of H-pyrrole nitrogens is 2. The fourth-order valence-electron chi connectivity index (χ4n) is 2.69. The first-order chi connectivity index (χ1) is 14.8. The van der Waals surface area contributed by atoms with Gasteiger partial charge in [-0.25, -0.2) is 9.18 Å². The predicted octanol–water partition coefficient (Wildman–Crippen LogP) is 3.63. The molecule has 9 nitrogen and oxygen atoms in total. The lowest BCUT2D eigenvalue weighted by atomic mass is 10.1. The van der Waals surface area contributed by atoms with E-state index in [0.29, 0.717) is 21.5 Å². The Hall–Kier alpha value is -3.73. The molecule has 0 radical (unpaired) electrons. The molecule has 0 atom stereocenters. The molecule has 0 amide bonds. The van der Waals surface area contributed by atoms with Gasteiger partial charge in [0.25, 0.3) is 0 Å². The monoisotopic (exact) mass is 491 g/mol. The summed E-state index contributed by atoms with van der Waals surface area (Å²) in [4.78, 5) is 37.5. The molecule has 2 N–H and O–H groups in total. The van der Waals surface area contributed by atoms with E-state index in [-0.39, 0.29) is 18.1 Å². The van der Waals surface area contributed by atoms with E-state index in [1.807, 2.05) is 4.98 Å². The molecule has 3 aromatic rings. The third-order valence-corrected chi connectivity index (χ3v) is 4.71. The number of hydrogen-bond acceptors (Lipinski definition) is 6. The summed E-state index contributed by atoms with van der Waals surface area (Å²) >= 11 is 3.39. The highest BCUT2D eigenvalue weighted by Crippen LogP contribution is 2.37. The number of halogens is 2. The Morgan fingerprint density at radius 2 is 1.87 bits per heavy atom. The summed E-state index contributed by atoms with van der Waals surface area (Å²) in [6.45, 7) is 0.171. The molecule has 11 heteroatoms. The third-order valence-electron chi connectivity index (χ3n) is 4.12. The van der Waals surface area contributed by atoms with Gasteiger partial charge >= 0.3 is 16.9 Å². The smallest absolute Gasteiger partial charge is 0.357 e. The van der Waals surface area contributed by atoms with Crippen LogP contribution in [0.2, 0.25) is 0 Å². The van der Waals surface area contributed by atoms with Crippen molar-refractivity contribution in [2.45, 2.75) is 6.61 Å². The quantitative estimate of drug-likeness (QED) is 0.383. The second-order valence-corrected chi connectivity index (χ2v) is 7.06. The van der Waals surface area contributed by atoms with E-state index in [9.17, 15) is 24.1 Å². The molecule has 160 valence electrons. The van der Waals surface area contributed by atoms with Crippen molar-refractivity contribution < 1.29 is 18.8 Å². The van der Waals surface area contributed by atoms with Gasteiger partial charge in [-0.3, -0.25) is 19.9 Å². The number of methoxy groups -OCH3 is 1. The van der Waals surface area contributed by atoms with Crippen LogP contribution in [-0.4, -0.2) is 22.0 Å². The first-order valence-corrected chi connectivity index (χ1v) is 9.51. The number of nitrogens with one attached hydrogen (secondary N) is 2. The van der Waals surface area contributed by atoms with Crippen molar-refractivity contribution >= 4 is 33.8 Å². The fourth-order valence-corrected chi connectivity index (χ4v) is 3.27. The molecule has 31 heavy (non-hydrogen) atoms. The zero-order valence-corrected chi connectivity index (χ0v) is 17.6. The van der Waals surface area contributed by atoms with Crippen molar-refractivity contribution in [2.24, 2.45) is 0 Å². The molecule has 1 heterocycles. The highest BCUT2D eigenvalue weighted by molar-refractivity contribution is 9.10. The van der Waals surface area contributed by atoms with E-state index in [1.165, 1.54) is 31.4 Å². The van der Waals surface area contributed by atoms with Crippen LogP contribution in [0.15, 0.2) is 50.5 Å². The maximum atomic E-state index is 13.0. The van der Waals surface area contributed by atoms with E-state index in [1.54, 1.807) is 24.3 Å². The van der Waals surface area contributed by atoms with Crippen molar-refractivity contribution in [2.75, 3.05) is 7.11 Å². The van der Waals surface area contributed by atoms with Crippen molar-refractivity contribution in [3.05, 3.63) is 94.5 Å². The summed E-state index contributed by atoms with van der Waals surface area (Å²) in [6.07, 6.45) is 2.71. The minimum absolute atomic E-state index is 0.171. The van der Waals surface area contributed by atoms with E-state index in [0.717, 1.165) is 5.56 Å². The zero-order chi connectivity index (χ0) is 22.5. The largest absolute Gasteiger partial charge is 0.493 e. The number of nitrogens with zero attached hydrogens (tertiary/aromatic N) is 1. The molecular formula is C20H15BrFN3O6. The van der Waals surface area contributed by atoms with Gasteiger partial charge in [0, 0.05) is 0 Å². The minimum atomic E-state index is -1.10. The summed E-state index contributed by atoms with van der Waals surface area (Å²) in [5.74, 6) is 0.421. The van der Waals surface area contributed by atoms with Crippen molar-refractivity contribution in [3.8, 4) is 11.5 Å². The van der Waals surface area contributed by atoms with E-state index < -0.39 is 21.9 Å². The molecule has 2 aromatic carbocycles. The second kappa shape index (κ2) is 9.39. The molecule has 0 aliphatic carbocycles. The van der Waals surface area contributed by atoms with Crippen LogP contribution in [0.1, 0.15) is 16.8 Å². The molecule has 0 aliphatic heterocycles. The maximum absolute atomic E-state index is 13.0. The third kappa shape index (κ3) is 5.25. The van der Waals surface area contributed by atoms with Crippen molar-refractivity contribution in [3.63, 3.8) is 0 Å². The number of benzene rings is 2. The van der Waals surface area contributed by atoms with Crippen LogP contribution >= 0.6 is 15.9 Å². The topological polar surface area (TPSA) is 127 Å². The Balaban J connectivity index is 1.90. The summed E-state index contributed by atoms with van der Waals surface area (Å²) in [7, 11) is 1.44. The first kappa shape index (κ1) is 22.0. The molecule has 1 aromatic heterocycles.